The van der Waals surface area contributed by atoms with Crippen LogP contribution in [0.2, 0.25) is 0 Å². The highest BCUT2D eigenvalue weighted by molar-refractivity contribution is 5.91. The van der Waals surface area contributed by atoms with Gasteiger partial charge in [0.05, 0.1) is 7.11 Å². The van der Waals surface area contributed by atoms with Crippen molar-refractivity contribution in [2.24, 2.45) is 0 Å². The standard InChI is InChI=1S/C18H22N2O3/c1-4-20(15-9-7-8-14(2)12-15)18(21)19-13-23-17-11-6-5-10-16(17)22-3/h5-12H,4,13H2,1-3H3,(H,19,21). The van der Waals surface area contributed by atoms with Crippen LogP contribution in [0.3, 0.4) is 0 Å². The molecule has 0 aliphatic rings. The van der Waals surface area contributed by atoms with Gasteiger partial charge in [-0.05, 0) is 43.7 Å². The van der Waals surface area contributed by atoms with Gasteiger partial charge in [0.15, 0.2) is 18.2 Å². The molecule has 2 aromatic rings. The summed E-state index contributed by atoms with van der Waals surface area (Å²) in [6.45, 7) is 4.58. The van der Waals surface area contributed by atoms with Crippen LogP contribution in [0.4, 0.5) is 10.5 Å². The summed E-state index contributed by atoms with van der Waals surface area (Å²) in [5.41, 5.74) is 1.97. The summed E-state index contributed by atoms with van der Waals surface area (Å²) in [5.74, 6) is 1.22. The number of carbonyl (C=O) groups excluding carboxylic acids is 1. The minimum absolute atomic E-state index is 0.0710. The van der Waals surface area contributed by atoms with E-state index in [2.05, 4.69) is 5.32 Å². The van der Waals surface area contributed by atoms with Crippen molar-refractivity contribution in [2.45, 2.75) is 13.8 Å². The highest BCUT2D eigenvalue weighted by Crippen LogP contribution is 2.25. The van der Waals surface area contributed by atoms with E-state index >= 15 is 0 Å². The van der Waals surface area contributed by atoms with Crippen LogP contribution >= 0.6 is 0 Å². The lowest BCUT2D eigenvalue weighted by Crippen LogP contribution is -2.41. The Labute approximate surface area is 136 Å². The predicted molar refractivity (Wildman–Crippen MR) is 91.2 cm³/mol. The van der Waals surface area contributed by atoms with Gasteiger partial charge in [-0.25, -0.2) is 4.79 Å². The van der Waals surface area contributed by atoms with Crippen LogP contribution in [0.1, 0.15) is 12.5 Å². The number of carbonyl (C=O) groups is 1. The number of aryl methyl sites for hydroxylation is 1. The van der Waals surface area contributed by atoms with E-state index in [9.17, 15) is 4.79 Å². The van der Waals surface area contributed by atoms with Crippen LogP contribution in [0.15, 0.2) is 48.5 Å². The SMILES string of the molecule is CCN(C(=O)NCOc1ccccc1OC)c1cccc(C)c1. The Kier molecular flexibility index (Phi) is 5.86. The van der Waals surface area contributed by atoms with Gasteiger partial charge in [-0.1, -0.05) is 24.3 Å². The first kappa shape index (κ1) is 16.7. The van der Waals surface area contributed by atoms with E-state index in [-0.39, 0.29) is 12.8 Å². The van der Waals surface area contributed by atoms with Crippen LogP contribution in [-0.2, 0) is 0 Å². The number of amides is 2. The van der Waals surface area contributed by atoms with Crippen molar-refractivity contribution in [3.05, 3.63) is 54.1 Å². The van der Waals surface area contributed by atoms with Crippen molar-refractivity contribution >= 4 is 11.7 Å². The Balaban J connectivity index is 1.95. The molecule has 1 N–H and O–H groups in total. The van der Waals surface area contributed by atoms with Crippen molar-refractivity contribution in [2.75, 3.05) is 25.3 Å². The molecule has 5 heteroatoms. The molecule has 0 aliphatic heterocycles. The first-order valence-corrected chi connectivity index (χ1v) is 7.53. The second-order valence-electron chi connectivity index (χ2n) is 5.00. The van der Waals surface area contributed by atoms with Crippen molar-refractivity contribution < 1.29 is 14.3 Å². The summed E-state index contributed by atoms with van der Waals surface area (Å²) >= 11 is 0. The molecule has 0 aliphatic carbocycles. The monoisotopic (exact) mass is 314 g/mol. The fraction of sp³-hybridized carbons (Fsp3) is 0.278. The van der Waals surface area contributed by atoms with E-state index in [4.69, 9.17) is 9.47 Å². The Morgan fingerprint density at radius 1 is 1.13 bits per heavy atom. The minimum Gasteiger partial charge on any atom is -0.493 e. The van der Waals surface area contributed by atoms with Gasteiger partial charge in [0.1, 0.15) is 0 Å². The fourth-order valence-corrected chi connectivity index (χ4v) is 2.25. The Morgan fingerprint density at radius 2 is 1.87 bits per heavy atom. The number of urea groups is 1. The van der Waals surface area contributed by atoms with Crippen LogP contribution < -0.4 is 19.7 Å². The number of para-hydroxylation sites is 2. The second-order valence-corrected chi connectivity index (χ2v) is 5.00. The lowest BCUT2D eigenvalue weighted by molar-refractivity contribution is 0.226. The maximum Gasteiger partial charge on any atom is 0.324 e. The van der Waals surface area contributed by atoms with Crippen LogP contribution in [0.25, 0.3) is 0 Å². The summed E-state index contributed by atoms with van der Waals surface area (Å²) < 4.78 is 10.8. The smallest absolute Gasteiger partial charge is 0.324 e. The van der Waals surface area contributed by atoms with Gasteiger partial charge in [-0.15, -0.1) is 0 Å². The number of ether oxygens (including phenoxy) is 2. The van der Waals surface area contributed by atoms with Gasteiger partial charge in [-0.2, -0.15) is 0 Å². The number of hydrogen-bond donors (Lipinski definition) is 1. The van der Waals surface area contributed by atoms with Gasteiger partial charge in [-0.3, -0.25) is 4.90 Å². The van der Waals surface area contributed by atoms with Gasteiger partial charge in [0.25, 0.3) is 0 Å². The van der Waals surface area contributed by atoms with E-state index in [1.165, 1.54) is 0 Å². The largest absolute Gasteiger partial charge is 0.493 e. The van der Waals surface area contributed by atoms with Gasteiger partial charge in [0, 0.05) is 12.2 Å². The van der Waals surface area contributed by atoms with E-state index in [1.54, 1.807) is 18.1 Å². The molecular weight excluding hydrogens is 292 g/mol. The molecule has 0 saturated heterocycles. The van der Waals surface area contributed by atoms with Crippen molar-refractivity contribution in [3.63, 3.8) is 0 Å². The molecule has 0 heterocycles. The quantitative estimate of drug-likeness (QED) is 0.829. The highest BCUT2D eigenvalue weighted by Gasteiger charge is 2.13. The third-order valence-corrected chi connectivity index (χ3v) is 3.39. The van der Waals surface area contributed by atoms with E-state index in [1.807, 2.05) is 56.3 Å². The molecule has 2 amide bonds. The van der Waals surface area contributed by atoms with Crippen molar-refractivity contribution in [1.29, 1.82) is 0 Å². The number of rotatable bonds is 6. The third kappa shape index (κ3) is 4.39. The summed E-state index contributed by atoms with van der Waals surface area (Å²) in [6, 6.07) is 14.9. The maximum atomic E-state index is 12.3. The van der Waals surface area contributed by atoms with E-state index < -0.39 is 0 Å². The number of methoxy groups -OCH3 is 1. The first-order chi connectivity index (χ1) is 11.2. The summed E-state index contributed by atoms with van der Waals surface area (Å²) in [5, 5.41) is 2.76. The molecule has 0 aromatic heterocycles. The lowest BCUT2D eigenvalue weighted by Gasteiger charge is -2.22. The highest BCUT2D eigenvalue weighted by atomic mass is 16.5. The summed E-state index contributed by atoms with van der Waals surface area (Å²) in [4.78, 5) is 14.0. The molecule has 23 heavy (non-hydrogen) atoms. The second kappa shape index (κ2) is 8.08. The minimum atomic E-state index is -0.201. The predicted octanol–water partition coefficient (Wildman–Crippen LogP) is 3.58. The Bertz CT molecular complexity index is 658. The molecule has 122 valence electrons. The average molecular weight is 314 g/mol. The molecule has 0 radical (unpaired) electrons. The topological polar surface area (TPSA) is 50.8 Å². The number of nitrogens with zero attached hydrogens (tertiary/aromatic N) is 1. The Morgan fingerprint density at radius 3 is 2.52 bits per heavy atom. The van der Waals surface area contributed by atoms with Gasteiger partial charge >= 0.3 is 6.03 Å². The average Bonchev–Trinajstić information content (AvgIpc) is 2.56. The molecule has 0 spiro atoms. The summed E-state index contributed by atoms with van der Waals surface area (Å²) in [6.07, 6.45) is 0. The van der Waals surface area contributed by atoms with Gasteiger partial charge < -0.3 is 14.8 Å². The van der Waals surface area contributed by atoms with Crippen molar-refractivity contribution in [1.82, 2.24) is 5.32 Å². The van der Waals surface area contributed by atoms with E-state index in [0.29, 0.717) is 18.0 Å². The molecular formula is C18H22N2O3. The van der Waals surface area contributed by atoms with Crippen LogP contribution in [0, 0.1) is 6.92 Å². The molecule has 2 aromatic carbocycles. The zero-order chi connectivity index (χ0) is 16.7. The molecule has 0 bridgehead atoms. The molecule has 0 saturated carbocycles. The maximum absolute atomic E-state index is 12.3. The van der Waals surface area contributed by atoms with E-state index in [0.717, 1.165) is 11.3 Å². The molecule has 2 rings (SSSR count). The lowest BCUT2D eigenvalue weighted by atomic mass is 10.2. The number of anilines is 1. The molecule has 0 unspecified atom stereocenters. The zero-order valence-corrected chi connectivity index (χ0v) is 13.7. The fourth-order valence-electron chi connectivity index (χ4n) is 2.25. The molecule has 0 fully saturated rings. The number of nitrogens with one attached hydrogen (secondary N) is 1. The molecule has 5 nitrogen and oxygen atoms in total. The number of benzene rings is 2. The van der Waals surface area contributed by atoms with Crippen LogP contribution in [0.5, 0.6) is 11.5 Å². The van der Waals surface area contributed by atoms with Gasteiger partial charge in [0.2, 0.25) is 0 Å². The third-order valence-electron chi connectivity index (χ3n) is 3.39. The summed E-state index contributed by atoms with van der Waals surface area (Å²) in [7, 11) is 1.58. The van der Waals surface area contributed by atoms with Crippen LogP contribution in [-0.4, -0.2) is 26.4 Å². The normalized spacial score (nSPS) is 10.0. The molecule has 0 atom stereocenters. The van der Waals surface area contributed by atoms with Crippen molar-refractivity contribution in [3.8, 4) is 11.5 Å². The first-order valence-electron chi connectivity index (χ1n) is 7.53. The number of hydrogen-bond acceptors (Lipinski definition) is 3. The Hall–Kier alpha value is -2.69. The zero-order valence-electron chi connectivity index (χ0n) is 13.7.